The Bertz CT molecular complexity index is 722. The van der Waals surface area contributed by atoms with Crippen molar-refractivity contribution < 1.29 is 18.8 Å². The molecule has 1 amide bonds. The number of ether oxygens (including phenoxy) is 1. The van der Waals surface area contributed by atoms with E-state index in [9.17, 15) is 19.3 Å². The summed E-state index contributed by atoms with van der Waals surface area (Å²) in [7, 11) is 0. The van der Waals surface area contributed by atoms with Gasteiger partial charge in [-0.15, -0.1) is 0 Å². The van der Waals surface area contributed by atoms with Gasteiger partial charge < -0.3 is 10.1 Å². The number of carbonyl (C=O) groups excluding carboxylic acids is 1. The fourth-order valence-electron chi connectivity index (χ4n) is 1.78. The summed E-state index contributed by atoms with van der Waals surface area (Å²) in [4.78, 5) is 21.7. The molecule has 2 aromatic rings. The number of amides is 1. The number of halogens is 1. The van der Waals surface area contributed by atoms with Crippen molar-refractivity contribution in [1.82, 2.24) is 0 Å². The Morgan fingerprint density at radius 1 is 1.30 bits per heavy atom. The lowest BCUT2D eigenvalue weighted by Crippen LogP contribution is -2.13. The zero-order valence-electron chi connectivity index (χ0n) is 12.1. The summed E-state index contributed by atoms with van der Waals surface area (Å²) in [6, 6.07) is 9.42. The zero-order valence-corrected chi connectivity index (χ0v) is 12.9. The lowest BCUT2D eigenvalue weighted by molar-refractivity contribution is -0.385. The van der Waals surface area contributed by atoms with Crippen LogP contribution in [0.3, 0.4) is 0 Å². The van der Waals surface area contributed by atoms with Crippen LogP contribution in [0.4, 0.5) is 15.8 Å². The number of nitro groups is 1. The minimum absolute atomic E-state index is 0.0597. The Kier molecular flexibility index (Phi) is 5.53. The quantitative estimate of drug-likeness (QED) is 0.640. The third-order valence-electron chi connectivity index (χ3n) is 2.76. The van der Waals surface area contributed by atoms with Gasteiger partial charge in [-0.3, -0.25) is 14.9 Å². The van der Waals surface area contributed by atoms with Gasteiger partial charge in [0.1, 0.15) is 11.6 Å². The van der Waals surface area contributed by atoms with E-state index in [1.54, 1.807) is 24.3 Å². The summed E-state index contributed by atoms with van der Waals surface area (Å²) >= 11 is 1.41. The molecule has 0 spiro atoms. The Morgan fingerprint density at radius 3 is 2.61 bits per heavy atom. The zero-order chi connectivity index (χ0) is 16.8. The average molecular weight is 336 g/mol. The normalized spacial score (nSPS) is 10.2. The molecule has 1 N–H and O–H groups in total. The van der Waals surface area contributed by atoms with Gasteiger partial charge in [-0.25, -0.2) is 4.39 Å². The van der Waals surface area contributed by atoms with Gasteiger partial charge in [-0.1, -0.05) is 0 Å². The third-order valence-corrected chi connectivity index (χ3v) is 3.31. The second-order valence-corrected chi connectivity index (χ2v) is 5.34. The summed E-state index contributed by atoms with van der Waals surface area (Å²) in [6.45, 7) is 0. The number of nitrogens with zero attached hydrogens (tertiary/aromatic N) is 1. The molecule has 0 saturated heterocycles. The van der Waals surface area contributed by atoms with Crippen LogP contribution in [0.5, 0.6) is 11.5 Å². The Labute approximate surface area is 135 Å². The van der Waals surface area contributed by atoms with Crippen LogP contribution in [-0.4, -0.2) is 22.8 Å². The van der Waals surface area contributed by atoms with Crippen LogP contribution in [0, 0.1) is 15.9 Å². The van der Waals surface area contributed by atoms with E-state index >= 15 is 0 Å². The number of hydrogen-bond acceptors (Lipinski definition) is 5. The van der Waals surface area contributed by atoms with Crippen molar-refractivity contribution in [2.24, 2.45) is 0 Å². The first-order chi connectivity index (χ1) is 11.0. The van der Waals surface area contributed by atoms with Crippen molar-refractivity contribution >= 4 is 29.0 Å². The predicted molar refractivity (Wildman–Crippen MR) is 86.6 cm³/mol. The molecule has 0 saturated carbocycles. The summed E-state index contributed by atoms with van der Waals surface area (Å²) in [6.07, 6.45) is 1.83. The maximum atomic E-state index is 13.1. The van der Waals surface area contributed by atoms with Gasteiger partial charge >= 0.3 is 5.69 Å². The minimum atomic E-state index is -0.713. The molecule has 0 fully saturated rings. The number of anilines is 1. The second-order valence-electron chi connectivity index (χ2n) is 4.48. The molecule has 120 valence electrons. The first-order valence-electron chi connectivity index (χ1n) is 6.50. The first kappa shape index (κ1) is 16.8. The van der Waals surface area contributed by atoms with Crippen molar-refractivity contribution in [3.05, 3.63) is 58.4 Å². The smallest absolute Gasteiger partial charge is 0.314 e. The topological polar surface area (TPSA) is 81.5 Å². The molecule has 8 heteroatoms. The molecule has 0 heterocycles. The molecule has 6 nitrogen and oxygen atoms in total. The first-order valence-corrected chi connectivity index (χ1v) is 7.89. The largest absolute Gasteiger partial charge is 0.450 e. The highest BCUT2D eigenvalue weighted by molar-refractivity contribution is 7.99. The van der Waals surface area contributed by atoms with Crippen molar-refractivity contribution in [2.75, 3.05) is 17.3 Å². The van der Waals surface area contributed by atoms with Crippen LogP contribution < -0.4 is 10.1 Å². The summed E-state index contributed by atoms with van der Waals surface area (Å²) in [5.74, 6) is -0.214. The van der Waals surface area contributed by atoms with Crippen molar-refractivity contribution in [1.29, 1.82) is 0 Å². The van der Waals surface area contributed by atoms with E-state index in [0.717, 1.165) is 12.1 Å². The van der Waals surface area contributed by atoms with Gasteiger partial charge in [-0.2, -0.15) is 11.8 Å². The molecule has 0 atom stereocenters. The Balaban J connectivity index is 2.12. The maximum absolute atomic E-state index is 13.1. The third kappa shape index (κ3) is 4.68. The standard InChI is InChI=1S/C15H13FN2O4S/c1-23-9-15(19)17-11-3-5-12(6-4-11)22-14-7-2-10(16)8-13(14)18(20)21/h2-8H,9H2,1H3,(H,17,19). The molecule has 0 aliphatic carbocycles. The number of nitrogens with one attached hydrogen (secondary N) is 1. The van der Waals surface area contributed by atoms with E-state index < -0.39 is 16.4 Å². The van der Waals surface area contributed by atoms with Gasteiger partial charge in [0.25, 0.3) is 0 Å². The van der Waals surface area contributed by atoms with E-state index in [1.807, 2.05) is 6.26 Å². The van der Waals surface area contributed by atoms with Gasteiger partial charge in [-0.05, 0) is 42.7 Å². The number of benzene rings is 2. The second kappa shape index (κ2) is 7.59. The van der Waals surface area contributed by atoms with Crippen LogP contribution in [-0.2, 0) is 4.79 Å². The molecule has 2 rings (SSSR count). The highest BCUT2D eigenvalue weighted by Crippen LogP contribution is 2.32. The fourth-order valence-corrected chi connectivity index (χ4v) is 2.12. The molecule has 0 bridgehead atoms. The molecule has 0 radical (unpaired) electrons. The molecular formula is C15H13FN2O4S. The number of carbonyl (C=O) groups is 1. The number of thioether (sulfide) groups is 1. The fraction of sp³-hybridized carbons (Fsp3) is 0.133. The van der Waals surface area contributed by atoms with Gasteiger partial charge in [0.15, 0.2) is 0 Å². The van der Waals surface area contributed by atoms with Gasteiger partial charge in [0, 0.05) is 5.69 Å². The SMILES string of the molecule is CSCC(=O)Nc1ccc(Oc2ccc(F)cc2[N+](=O)[O-])cc1. The van der Waals surface area contributed by atoms with Crippen LogP contribution >= 0.6 is 11.8 Å². The van der Waals surface area contributed by atoms with Gasteiger partial charge in [0.05, 0.1) is 16.7 Å². The predicted octanol–water partition coefficient (Wildman–Crippen LogP) is 3.83. The van der Waals surface area contributed by atoms with E-state index in [0.29, 0.717) is 17.2 Å². The highest BCUT2D eigenvalue weighted by atomic mass is 32.2. The number of nitro benzene ring substituents is 1. The molecule has 23 heavy (non-hydrogen) atoms. The summed E-state index contributed by atoms with van der Waals surface area (Å²) < 4.78 is 18.5. The van der Waals surface area contributed by atoms with E-state index in [1.165, 1.54) is 17.8 Å². The van der Waals surface area contributed by atoms with E-state index in [2.05, 4.69) is 5.32 Å². The molecule has 2 aromatic carbocycles. The van der Waals surface area contributed by atoms with Gasteiger partial charge in [0.2, 0.25) is 11.7 Å². The van der Waals surface area contributed by atoms with Crippen LogP contribution in [0.25, 0.3) is 0 Å². The van der Waals surface area contributed by atoms with Crippen LogP contribution in [0.2, 0.25) is 0 Å². The average Bonchev–Trinajstić information content (AvgIpc) is 2.51. The maximum Gasteiger partial charge on any atom is 0.314 e. The molecule has 0 aromatic heterocycles. The van der Waals surface area contributed by atoms with Crippen LogP contribution in [0.15, 0.2) is 42.5 Å². The Morgan fingerprint density at radius 2 is 2.00 bits per heavy atom. The lowest BCUT2D eigenvalue weighted by Gasteiger charge is -2.08. The Hall–Kier alpha value is -2.61. The summed E-state index contributed by atoms with van der Waals surface area (Å²) in [5.41, 5.74) is 0.132. The number of rotatable bonds is 6. The van der Waals surface area contributed by atoms with Crippen LogP contribution in [0.1, 0.15) is 0 Å². The lowest BCUT2D eigenvalue weighted by atomic mass is 10.2. The molecular weight excluding hydrogens is 323 g/mol. The van der Waals surface area contributed by atoms with E-state index in [-0.39, 0.29) is 11.7 Å². The van der Waals surface area contributed by atoms with E-state index in [4.69, 9.17) is 4.74 Å². The van der Waals surface area contributed by atoms with Crippen molar-refractivity contribution in [3.63, 3.8) is 0 Å². The summed E-state index contributed by atoms with van der Waals surface area (Å²) in [5, 5.41) is 13.6. The van der Waals surface area contributed by atoms with Crippen molar-refractivity contribution in [2.45, 2.75) is 0 Å². The minimum Gasteiger partial charge on any atom is -0.450 e. The van der Waals surface area contributed by atoms with Crippen molar-refractivity contribution in [3.8, 4) is 11.5 Å². The molecule has 0 unspecified atom stereocenters. The molecule has 0 aliphatic heterocycles. The molecule has 0 aliphatic rings. The highest BCUT2D eigenvalue weighted by Gasteiger charge is 2.17. The monoisotopic (exact) mass is 336 g/mol. The number of hydrogen-bond donors (Lipinski definition) is 1.